The van der Waals surface area contributed by atoms with Crippen LogP contribution in [-0.2, 0) is 0 Å². The van der Waals surface area contributed by atoms with E-state index in [9.17, 15) is 0 Å². The van der Waals surface area contributed by atoms with E-state index in [2.05, 4.69) is 61.6 Å². The van der Waals surface area contributed by atoms with Gasteiger partial charge in [0.2, 0.25) is 0 Å². The van der Waals surface area contributed by atoms with Crippen LogP contribution in [0.4, 0.5) is 0 Å². The molecule has 2 unspecified atom stereocenters. The van der Waals surface area contributed by atoms with Crippen molar-refractivity contribution in [2.45, 2.75) is 51.7 Å². The second kappa shape index (κ2) is 9.96. The average molecular weight is 486 g/mol. The van der Waals surface area contributed by atoms with E-state index in [4.69, 9.17) is 9.73 Å². The van der Waals surface area contributed by atoms with Crippen molar-refractivity contribution in [1.82, 2.24) is 15.5 Å². The lowest BCUT2D eigenvalue weighted by Crippen LogP contribution is -2.45. The Hall–Kier alpha value is -1.02. The number of ether oxygens (including phenoxy) is 1. The third kappa shape index (κ3) is 6.24. The number of halogens is 1. The Kier molecular flexibility index (Phi) is 8.21. The van der Waals surface area contributed by atoms with Crippen molar-refractivity contribution in [2.75, 3.05) is 33.2 Å². The minimum atomic E-state index is -0.185. The van der Waals surface area contributed by atoms with Gasteiger partial charge in [0.05, 0.1) is 6.04 Å². The lowest BCUT2D eigenvalue weighted by Gasteiger charge is -2.38. The Bertz CT molecular complexity index is 634. The maximum absolute atomic E-state index is 6.15. The normalized spacial score (nSPS) is 25.0. The molecule has 2 aliphatic heterocycles. The summed E-state index contributed by atoms with van der Waals surface area (Å²) in [5.74, 6) is 2.55. The first-order chi connectivity index (χ1) is 12.5. The Morgan fingerprint density at radius 3 is 2.85 bits per heavy atom. The summed E-state index contributed by atoms with van der Waals surface area (Å²) in [6.07, 6.45) is 3.48. The molecule has 0 saturated carbocycles. The van der Waals surface area contributed by atoms with Crippen LogP contribution < -0.4 is 15.4 Å². The van der Waals surface area contributed by atoms with E-state index < -0.39 is 0 Å². The first-order valence-corrected chi connectivity index (χ1v) is 9.98. The summed E-state index contributed by atoms with van der Waals surface area (Å²) in [5.41, 5.74) is 1.03. The zero-order valence-electron chi connectivity index (χ0n) is 17.1. The van der Waals surface area contributed by atoms with Gasteiger partial charge in [0, 0.05) is 31.6 Å². The fourth-order valence-electron chi connectivity index (χ4n) is 4.06. The highest BCUT2D eigenvalue weighted by Crippen LogP contribution is 2.39. The van der Waals surface area contributed by atoms with Crippen molar-refractivity contribution in [3.63, 3.8) is 0 Å². The molecular formula is C21H35IN4O. The van der Waals surface area contributed by atoms with E-state index >= 15 is 0 Å². The van der Waals surface area contributed by atoms with E-state index in [-0.39, 0.29) is 35.6 Å². The summed E-state index contributed by atoms with van der Waals surface area (Å²) in [6, 6.07) is 8.55. The highest BCUT2D eigenvalue weighted by molar-refractivity contribution is 14.0. The number of fused-ring (bicyclic) bond motifs is 1. The van der Waals surface area contributed by atoms with Gasteiger partial charge in [-0.3, -0.25) is 4.99 Å². The minimum Gasteiger partial charge on any atom is -0.487 e. The van der Waals surface area contributed by atoms with Gasteiger partial charge in [-0.25, -0.2) is 0 Å². The smallest absolute Gasteiger partial charge is 0.191 e. The van der Waals surface area contributed by atoms with E-state index in [1.54, 1.807) is 0 Å². The van der Waals surface area contributed by atoms with Gasteiger partial charge in [-0.15, -0.1) is 24.0 Å². The van der Waals surface area contributed by atoms with Crippen LogP contribution in [0.5, 0.6) is 5.75 Å². The molecule has 3 rings (SSSR count). The number of piperidine rings is 1. The third-order valence-corrected chi connectivity index (χ3v) is 5.26. The van der Waals surface area contributed by atoms with Crippen LogP contribution in [-0.4, -0.2) is 49.7 Å². The molecule has 152 valence electrons. The Morgan fingerprint density at radius 2 is 2.11 bits per heavy atom. The summed E-state index contributed by atoms with van der Waals surface area (Å²) in [5, 5.41) is 7.09. The van der Waals surface area contributed by atoms with Gasteiger partial charge in [-0.2, -0.15) is 0 Å². The molecule has 2 N–H and O–H groups in total. The second-order valence-electron chi connectivity index (χ2n) is 8.29. The van der Waals surface area contributed by atoms with E-state index in [0.29, 0.717) is 5.92 Å². The van der Waals surface area contributed by atoms with Crippen molar-refractivity contribution in [3.8, 4) is 5.75 Å². The van der Waals surface area contributed by atoms with Crippen LogP contribution in [0.1, 0.15) is 51.6 Å². The summed E-state index contributed by atoms with van der Waals surface area (Å²) in [4.78, 5) is 7.33. The molecule has 1 fully saturated rings. The summed E-state index contributed by atoms with van der Waals surface area (Å²) in [6.45, 7) is 10.5. The van der Waals surface area contributed by atoms with Crippen LogP contribution in [0.15, 0.2) is 29.3 Å². The standard InChI is InChI=1S/C21H34N4O.HI/c1-5-22-20(23-14-16-9-8-12-25(4)15-16)24-18-13-21(2,3)26-19-11-7-6-10-17(18)19;/h6-7,10-11,16,18H,5,8-9,12-15H2,1-4H3,(H2,22,23,24);1H. The number of hydrogen-bond acceptors (Lipinski definition) is 3. The average Bonchev–Trinajstić information content (AvgIpc) is 2.59. The molecule has 1 saturated heterocycles. The number of nitrogens with one attached hydrogen (secondary N) is 2. The number of aliphatic imine (C=N–C) groups is 1. The molecule has 0 spiro atoms. The topological polar surface area (TPSA) is 48.9 Å². The fraction of sp³-hybridized carbons (Fsp3) is 0.667. The summed E-state index contributed by atoms with van der Waals surface area (Å²) >= 11 is 0. The first-order valence-electron chi connectivity index (χ1n) is 9.98. The van der Waals surface area contributed by atoms with Crippen molar-refractivity contribution < 1.29 is 4.74 Å². The molecule has 6 heteroatoms. The minimum absolute atomic E-state index is 0. The zero-order valence-corrected chi connectivity index (χ0v) is 19.5. The zero-order chi connectivity index (χ0) is 18.6. The Balaban J connectivity index is 0.00000261. The first kappa shape index (κ1) is 22.3. The molecule has 5 nitrogen and oxygen atoms in total. The van der Waals surface area contributed by atoms with Crippen LogP contribution >= 0.6 is 24.0 Å². The van der Waals surface area contributed by atoms with Crippen molar-refractivity contribution in [3.05, 3.63) is 29.8 Å². The second-order valence-corrected chi connectivity index (χ2v) is 8.29. The van der Waals surface area contributed by atoms with Gasteiger partial charge < -0.3 is 20.3 Å². The molecule has 2 heterocycles. The summed E-state index contributed by atoms with van der Waals surface area (Å²) in [7, 11) is 2.21. The quantitative estimate of drug-likeness (QED) is 0.386. The van der Waals surface area contributed by atoms with E-state index in [1.165, 1.54) is 24.9 Å². The van der Waals surface area contributed by atoms with Crippen LogP contribution in [0, 0.1) is 5.92 Å². The number of guanidine groups is 1. The molecule has 27 heavy (non-hydrogen) atoms. The predicted molar refractivity (Wildman–Crippen MR) is 123 cm³/mol. The molecule has 0 aliphatic carbocycles. The molecule has 0 bridgehead atoms. The number of rotatable bonds is 4. The fourth-order valence-corrected chi connectivity index (χ4v) is 4.06. The van der Waals surface area contributed by atoms with Crippen LogP contribution in [0.2, 0.25) is 0 Å². The van der Waals surface area contributed by atoms with Gasteiger partial charge in [0.15, 0.2) is 5.96 Å². The van der Waals surface area contributed by atoms with Crippen LogP contribution in [0.3, 0.4) is 0 Å². The van der Waals surface area contributed by atoms with Gasteiger partial charge in [-0.1, -0.05) is 18.2 Å². The van der Waals surface area contributed by atoms with Crippen molar-refractivity contribution >= 4 is 29.9 Å². The van der Waals surface area contributed by atoms with Gasteiger partial charge in [0.25, 0.3) is 0 Å². The Morgan fingerprint density at radius 1 is 1.33 bits per heavy atom. The number of likely N-dealkylation sites (tertiary alicyclic amines) is 1. The maximum atomic E-state index is 6.15. The SMILES string of the molecule is CCNC(=NCC1CCCN(C)C1)NC1CC(C)(C)Oc2ccccc21.I. The monoisotopic (exact) mass is 486 g/mol. The van der Waals surface area contributed by atoms with Crippen molar-refractivity contribution in [1.29, 1.82) is 0 Å². The highest BCUT2D eigenvalue weighted by Gasteiger charge is 2.34. The van der Waals surface area contributed by atoms with Gasteiger partial charge in [0.1, 0.15) is 11.4 Å². The number of nitrogens with zero attached hydrogens (tertiary/aromatic N) is 2. The maximum Gasteiger partial charge on any atom is 0.191 e. The molecule has 1 aromatic rings. The van der Waals surface area contributed by atoms with Crippen molar-refractivity contribution in [2.24, 2.45) is 10.9 Å². The lowest BCUT2D eigenvalue weighted by molar-refractivity contribution is 0.0694. The highest BCUT2D eigenvalue weighted by atomic mass is 127. The summed E-state index contributed by atoms with van der Waals surface area (Å²) < 4.78 is 6.15. The number of para-hydroxylation sites is 1. The molecule has 0 aromatic heterocycles. The predicted octanol–water partition coefficient (Wildman–Crippen LogP) is 3.80. The number of hydrogen-bond donors (Lipinski definition) is 2. The Labute approximate surface area is 181 Å². The molecule has 0 amide bonds. The van der Waals surface area contributed by atoms with E-state index in [1.807, 2.05) is 6.07 Å². The van der Waals surface area contributed by atoms with Gasteiger partial charge in [-0.05, 0) is 59.2 Å². The lowest BCUT2D eigenvalue weighted by atomic mass is 9.90. The molecule has 2 aliphatic rings. The molecular weight excluding hydrogens is 451 g/mol. The molecule has 2 atom stereocenters. The van der Waals surface area contributed by atoms with Crippen LogP contribution in [0.25, 0.3) is 0 Å². The van der Waals surface area contributed by atoms with E-state index in [0.717, 1.165) is 37.8 Å². The molecule has 1 aromatic carbocycles. The number of benzene rings is 1. The third-order valence-electron chi connectivity index (χ3n) is 5.26. The molecule has 0 radical (unpaired) electrons. The largest absolute Gasteiger partial charge is 0.487 e. The van der Waals surface area contributed by atoms with Gasteiger partial charge >= 0.3 is 0 Å².